The number of nitrogens with zero attached hydrogens (tertiary/aromatic N) is 1. The Labute approximate surface area is 205 Å². The van der Waals surface area contributed by atoms with E-state index in [1.807, 2.05) is 63.2 Å². The third-order valence-corrected chi connectivity index (χ3v) is 5.96. The van der Waals surface area contributed by atoms with Crippen LogP contribution in [0.1, 0.15) is 45.6 Å². The van der Waals surface area contributed by atoms with Crippen LogP contribution in [0.15, 0.2) is 72.8 Å². The van der Waals surface area contributed by atoms with Crippen molar-refractivity contribution in [1.29, 1.82) is 0 Å². The second-order valence-corrected chi connectivity index (χ2v) is 8.70. The Balaban J connectivity index is 1.53. The van der Waals surface area contributed by atoms with Crippen molar-refractivity contribution in [3.05, 3.63) is 101 Å². The van der Waals surface area contributed by atoms with Crippen molar-refractivity contribution in [3.8, 4) is 0 Å². The van der Waals surface area contributed by atoms with Crippen LogP contribution in [-0.2, 0) is 16.1 Å². The Morgan fingerprint density at radius 3 is 2.31 bits per heavy atom. The van der Waals surface area contributed by atoms with Crippen molar-refractivity contribution in [3.63, 3.8) is 0 Å². The number of carbonyl (C=O) groups excluding carboxylic acids is 3. The molecule has 2 atom stereocenters. The number of anilines is 1. The number of amides is 3. The van der Waals surface area contributed by atoms with E-state index in [4.69, 9.17) is 4.74 Å². The molecule has 7 heteroatoms. The summed E-state index contributed by atoms with van der Waals surface area (Å²) in [5, 5.41) is 5.70. The number of cyclic esters (lactones) is 1. The van der Waals surface area contributed by atoms with Crippen LogP contribution in [0.4, 0.5) is 10.5 Å². The van der Waals surface area contributed by atoms with Crippen LogP contribution in [0.3, 0.4) is 0 Å². The van der Waals surface area contributed by atoms with Gasteiger partial charge in [-0.1, -0.05) is 59.7 Å². The van der Waals surface area contributed by atoms with Crippen LogP contribution in [0.5, 0.6) is 0 Å². The molecule has 0 saturated carbocycles. The highest BCUT2D eigenvalue weighted by Crippen LogP contribution is 2.34. The van der Waals surface area contributed by atoms with Gasteiger partial charge in [0, 0.05) is 17.8 Å². The lowest BCUT2D eigenvalue weighted by atomic mass is 10.00. The molecule has 1 saturated heterocycles. The highest BCUT2D eigenvalue weighted by Gasteiger charge is 2.46. The fourth-order valence-corrected chi connectivity index (χ4v) is 4.12. The highest BCUT2D eigenvalue weighted by atomic mass is 16.6. The maximum Gasteiger partial charge on any atom is 0.411 e. The molecule has 4 rings (SSSR count). The van der Waals surface area contributed by atoms with Crippen LogP contribution in [0.25, 0.3) is 0 Å². The summed E-state index contributed by atoms with van der Waals surface area (Å²) in [6.07, 6.45) is -1.30. The Hall–Kier alpha value is -4.13. The van der Waals surface area contributed by atoms with Gasteiger partial charge in [0.15, 0.2) is 12.1 Å². The SMILES string of the molecule is CCNC(=O)C1C(c2ccc(NC(=O)c3cccc(C)c3)cc2)OC(=O)N1Cc1ccc(C)cc1. The molecule has 0 radical (unpaired) electrons. The molecular weight excluding hydrogens is 442 g/mol. The molecule has 3 aromatic carbocycles. The van der Waals surface area contributed by atoms with Crippen molar-refractivity contribution in [1.82, 2.24) is 10.2 Å². The standard InChI is InChI=1S/C28H29N3O4/c1-4-29-27(33)24-25(35-28(34)31(24)17-20-10-8-18(2)9-11-20)21-12-14-23(15-13-21)30-26(32)22-7-5-6-19(3)16-22/h5-16,24-25H,4,17H2,1-3H3,(H,29,33)(H,30,32). The maximum atomic E-state index is 13.0. The topological polar surface area (TPSA) is 87.7 Å². The van der Waals surface area contributed by atoms with Crippen LogP contribution >= 0.6 is 0 Å². The summed E-state index contributed by atoms with van der Waals surface area (Å²) in [5.74, 6) is -0.481. The number of nitrogens with one attached hydrogen (secondary N) is 2. The molecule has 180 valence electrons. The molecule has 2 unspecified atom stereocenters. The van der Waals surface area contributed by atoms with E-state index in [0.29, 0.717) is 23.4 Å². The van der Waals surface area contributed by atoms with E-state index in [1.165, 1.54) is 4.90 Å². The largest absolute Gasteiger partial charge is 0.438 e. The smallest absolute Gasteiger partial charge is 0.411 e. The first-order chi connectivity index (χ1) is 16.9. The van der Waals surface area contributed by atoms with E-state index in [-0.39, 0.29) is 18.4 Å². The molecule has 3 amide bonds. The van der Waals surface area contributed by atoms with Crippen LogP contribution in [0, 0.1) is 13.8 Å². The van der Waals surface area contributed by atoms with Gasteiger partial charge < -0.3 is 15.4 Å². The molecule has 1 heterocycles. The van der Waals surface area contributed by atoms with E-state index in [9.17, 15) is 14.4 Å². The number of rotatable bonds is 7. The second-order valence-electron chi connectivity index (χ2n) is 8.70. The fraction of sp³-hybridized carbons (Fsp3) is 0.250. The van der Waals surface area contributed by atoms with Gasteiger partial charge in [0.1, 0.15) is 0 Å². The van der Waals surface area contributed by atoms with Gasteiger partial charge in [-0.25, -0.2) is 4.79 Å². The predicted molar refractivity (Wildman–Crippen MR) is 134 cm³/mol. The van der Waals surface area contributed by atoms with Crippen molar-refractivity contribution < 1.29 is 19.1 Å². The van der Waals surface area contributed by atoms with Crippen molar-refractivity contribution in [2.24, 2.45) is 0 Å². The van der Waals surface area contributed by atoms with Crippen molar-refractivity contribution in [2.45, 2.75) is 39.5 Å². The molecule has 1 aliphatic heterocycles. The Kier molecular flexibility index (Phi) is 7.15. The first-order valence-corrected chi connectivity index (χ1v) is 11.6. The zero-order valence-corrected chi connectivity index (χ0v) is 20.1. The fourth-order valence-electron chi connectivity index (χ4n) is 4.12. The molecule has 3 aromatic rings. The zero-order chi connectivity index (χ0) is 24.9. The molecule has 7 nitrogen and oxygen atoms in total. The number of hydrogen-bond acceptors (Lipinski definition) is 4. The van der Waals surface area contributed by atoms with Crippen LogP contribution in [-0.4, -0.2) is 35.4 Å². The van der Waals surface area contributed by atoms with E-state index in [2.05, 4.69) is 10.6 Å². The minimum atomic E-state index is -0.809. The van der Waals surface area contributed by atoms with Gasteiger partial charge in [-0.3, -0.25) is 14.5 Å². The predicted octanol–water partition coefficient (Wildman–Crippen LogP) is 4.75. The lowest BCUT2D eigenvalue weighted by molar-refractivity contribution is -0.126. The summed E-state index contributed by atoms with van der Waals surface area (Å²) >= 11 is 0. The summed E-state index contributed by atoms with van der Waals surface area (Å²) in [6, 6.07) is 21.4. The summed E-state index contributed by atoms with van der Waals surface area (Å²) < 4.78 is 5.68. The second kappa shape index (κ2) is 10.4. The molecule has 0 aliphatic carbocycles. The minimum absolute atomic E-state index is 0.210. The minimum Gasteiger partial charge on any atom is -0.438 e. The van der Waals surface area contributed by atoms with Gasteiger partial charge in [-0.15, -0.1) is 0 Å². The van der Waals surface area contributed by atoms with Crippen LogP contribution < -0.4 is 10.6 Å². The molecular formula is C28H29N3O4. The lowest BCUT2D eigenvalue weighted by Gasteiger charge is -2.24. The molecule has 0 aromatic heterocycles. The number of carbonyl (C=O) groups is 3. The van der Waals surface area contributed by atoms with E-state index in [0.717, 1.165) is 16.7 Å². The van der Waals surface area contributed by atoms with Crippen molar-refractivity contribution >= 4 is 23.6 Å². The maximum absolute atomic E-state index is 13.0. The van der Waals surface area contributed by atoms with Gasteiger partial charge in [0.05, 0.1) is 6.54 Å². The lowest BCUT2D eigenvalue weighted by Crippen LogP contribution is -2.46. The number of aryl methyl sites for hydroxylation is 2. The van der Waals surface area contributed by atoms with Gasteiger partial charge >= 0.3 is 6.09 Å². The zero-order valence-electron chi connectivity index (χ0n) is 20.1. The summed E-state index contributed by atoms with van der Waals surface area (Å²) in [7, 11) is 0. The van der Waals surface area contributed by atoms with Crippen molar-refractivity contribution in [2.75, 3.05) is 11.9 Å². The van der Waals surface area contributed by atoms with Crippen LogP contribution in [0.2, 0.25) is 0 Å². The van der Waals surface area contributed by atoms with Gasteiger partial charge in [0.2, 0.25) is 5.91 Å². The van der Waals surface area contributed by atoms with E-state index in [1.54, 1.807) is 30.3 Å². The third-order valence-electron chi connectivity index (χ3n) is 5.96. The number of benzene rings is 3. The molecule has 1 aliphatic rings. The summed E-state index contributed by atoms with van der Waals surface area (Å²) in [6.45, 7) is 6.47. The highest BCUT2D eigenvalue weighted by molar-refractivity contribution is 6.04. The average Bonchev–Trinajstić information content (AvgIpc) is 3.17. The van der Waals surface area contributed by atoms with Gasteiger partial charge in [-0.2, -0.15) is 0 Å². The number of likely N-dealkylation sites (N-methyl/N-ethyl adjacent to an activating group) is 1. The molecule has 35 heavy (non-hydrogen) atoms. The average molecular weight is 472 g/mol. The normalized spacial score (nSPS) is 17.1. The molecule has 0 bridgehead atoms. The van der Waals surface area contributed by atoms with Gasteiger partial charge in [-0.05, 0) is 56.2 Å². The quantitative estimate of drug-likeness (QED) is 0.520. The number of hydrogen-bond donors (Lipinski definition) is 2. The van der Waals surface area contributed by atoms with E-state index < -0.39 is 18.2 Å². The van der Waals surface area contributed by atoms with Gasteiger partial charge in [0.25, 0.3) is 5.91 Å². The Morgan fingerprint density at radius 1 is 0.943 bits per heavy atom. The Bertz CT molecular complexity index is 1220. The monoisotopic (exact) mass is 471 g/mol. The first kappa shape index (κ1) is 24.0. The molecule has 2 N–H and O–H groups in total. The summed E-state index contributed by atoms with van der Waals surface area (Å²) in [5.41, 5.74) is 4.89. The Morgan fingerprint density at radius 2 is 1.66 bits per heavy atom. The summed E-state index contributed by atoms with van der Waals surface area (Å²) in [4.78, 5) is 39.8. The molecule has 1 fully saturated rings. The number of ether oxygens (including phenoxy) is 1. The first-order valence-electron chi connectivity index (χ1n) is 11.6. The van der Waals surface area contributed by atoms with E-state index >= 15 is 0 Å². The third kappa shape index (κ3) is 5.51. The molecule has 0 spiro atoms.